The van der Waals surface area contributed by atoms with E-state index in [1.165, 1.54) is 0 Å². The van der Waals surface area contributed by atoms with Crippen LogP contribution in [0.2, 0.25) is 0 Å². The molecule has 0 aliphatic carbocycles. The Labute approximate surface area is 445 Å². The fourth-order valence-corrected chi connectivity index (χ4v) is 9.96. The molecule has 9 heteroatoms. The molecule has 0 saturated carbocycles. The van der Waals surface area contributed by atoms with Crippen LogP contribution in [0.25, 0.3) is 72.5 Å². The molecular formula is C68H41N9. The summed E-state index contributed by atoms with van der Waals surface area (Å²) < 4.78 is 2.32. The van der Waals surface area contributed by atoms with Gasteiger partial charge in [-0.3, -0.25) is 0 Å². The molecule has 77 heavy (non-hydrogen) atoms. The molecule has 358 valence electrons. The summed E-state index contributed by atoms with van der Waals surface area (Å²) >= 11 is 0. The van der Waals surface area contributed by atoms with Crippen LogP contribution >= 0.6 is 0 Å². The topological polar surface area (TPSA) is 132 Å². The Balaban J connectivity index is 0.957. The van der Waals surface area contributed by atoms with E-state index in [0.29, 0.717) is 39.5 Å². The van der Waals surface area contributed by atoms with Crippen LogP contribution in [-0.2, 0) is 0 Å². The van der Waals surface area contributed by atoms with Crippen molar-refractivity contribution in [2.45, 2.75) is 0 Å². The maximum absolute atomic E-state index is 9.68. The first-order valence-corrected chi connectivity index (χ1v) is 24.9. The molecule has 0 radical (unpaired) electrons. The SMILES string of the molecule is N#Cc1ccc(N(c2ccccc2)c2ccc3c(c2)c2cc(N(c4ccccc4)c4ccc(C#N)cc4)ccc2n3-c2ccc(-c3ccc(-c4cc(-c5cccc(C#N)c5)nc(-c5cccc(C#N)c5)n4)cc3)cc2)cc1. The van der Waals surface area contributed by atoms with Crippen molar-refractivity contribution in [1.29, 1.82) is 21.0 Å². The summed E-state index contributed by atoms with van der Waals surface area (Å²) in [6, 6.07) is 91.6. The maximum Gasteiger partial charge on any atom is 0.160 e. The third-order valence-corrected chi connectivity index (χ3v) is 13.7. The Hall–Kier alpha value is -11.4. The summed E-state index contributed by atoms with van der Waals surface area (Å²) in [5.41, 5.74) is 16.9. The minimum absolute atomic E-state index is 0.480. The fraction of sp³-hybridized carbons (Fsp3) is 0. The summed E-state index contributed by atoms with van der Waals surface area (Å²) in [7, 11) is 0. The molecule has 0 bridgehead atoms. The molecule has 0 aliphatic rings. The number of fused-ring (bicyclic) bond motifs is 3. The average molecular weight is 984 g/mol. The van der Waals surface area contributed by atoms with Crippen LogP contribution < -0.4 is 9.80 Å². The molecule has 0 fully saturated rings. The van der Waals surface area contributed by atoms with Crippen molar-refractivity contribution in [2.75, 3.05) is 9.80 Å². The summed E-state index contributed by atoms with van der Waals surface area (Å²) in [5, 5.41) is 40.8. The number of benzene rings is 10. The van der Waals surface area contributed by atoms with Crippen LogP contribution in [0.3, 0.4) is 0 Å². The Morgan fingerprint density at radius 2 is 0.701 bits per heavy atom. The lowest BCUT2D eigenvalue weighted by Gasteiger charge is -2.26. The first-order valence-electron chi connectivity index (χ1n) is 24.9. The molecule has 12 rings (SSSR count). The van der Waals surface area contributed by atoms with E-state index in [-0.39, 0.29) is 0 Å². The zero-order valence-electron chi connectivity index (χ0n) is 41.2. The quantitative estimate of drug-likeness (QED) is 0.125. The summed E-state index contributed by atoms with van der Waals surface area (Å²) in [4.78, 5) is 14.3. The Morgan fingerprint density at radius 3 is 1.18 bits per heavy atom. The van der Waals surface area contributed by atoms with Gasteiger partial charge in [-0.15, -0.1) is 0 Å². The molecule has 2 aromatic heterocycles. The predicted octanol–water partition coefficient (Wildman–Crippen LogP) is 16.7. The van der Waals surface area contributed by atoms with E-state index in [1.54, 1.807) is 18.2 Å². The van der Waals surface area contributed by atoms with Crippen LogP contribution in [0.5, 0.6) is 0 Å². The number of hydrogen-bond acceptors (Lipinski definition) is 8. The number of hydrogen-bond donors (Lipinski definition) is 0. The van der Waals surface area contributed by atoms with E-state index in [1.807, 2.05) is 121 Å². The molecule has 0 N–H and O–H groups in total. The van der Waals surface area contributed by atoms with Gasteiger partial charge in [0.25, 0.3) is 0 Å². The summed E-state index contributed by atoms with van der Waals surface area (Å²) in [6.45, 7) is 0. The second-order valence-electron chi connectivity index (χ2n) is 18.4. The highest BCUT2D eigenvalue weighted by Gasteiger charge is 2.21. The van der Waals surface area contributed by atoms with E-state index in [0.717, 1.165) is 89.4 Å². The van der Waals surface area contributed by atoms with E-state index in [4.69, 9.17) is 9.97 Å². The van der Waals surface area contributed by atoms with Gasteiger partial charge in [-0.1, -0.05) is 97.1 Å². The van der Waals surface area contributed by atoms with Crippen molar-refractivity contribution < 1.29 is 0 Å². The standard InChI is InChI=1S/C68H41N9/c69-42-46-17-27-57(28-18-46)75(55-13-3-1-4-14-55)60-33-35-66-62(39-60)63-40-61(76(56-15-5-2-6-16-56)58-29-19-47(43-70)20-30-58)34-36-67(63)77(66)59-31-25-51(26-32-59)50-21-23-52(24-22-50)64-41-65(53-11-7-9-48(37-53)44-71)74-68(73-64)54-12-8-10-49(38-54)45-72/h1-41H. The largest absolute Gasteiger partial charge is 0.310 e. The first-order chi connectivity index (χ1) is 37.9. The van der Waals surface area contributed by atoms with Gasteiger partial charge < -0.3 is 14.4 Å². The highest BCUT2D eigenvalue weighted by Crippen LogP contribution is 2.43. The number of nitrogens with zero attached hydrogens (tertiary/aromatic N) is 9. The van der Waals surface area contributed by atoms with Gasteiger partial charge >= 0.3 is 0 Å². The third-order valence-electron chi connectivity index (χ3n) is 13.7. The Morgan fingerprint density at radius 1 is 0.299 bits per heavy atom. The normalized spacial score (nSPS) is 10.8. The van der Waals surface area contributed by atoms with Crippen LogP contribution in [-0.4, -0.2) is 14.5 Å². The maximum atomic E-state index is 9.68. The Kier molecular flexibility index (Phi) is 12.3. The monoisotopic (exact) mass is 983 g/mol. The fourth-order valence-electron chi connectivity index (χ4n) is 9.96. The lowest BCUT2D eigenvalue weighted by Crippen LogP contribution is -2.10. The summed E-state index contributed by atoms with van der Waals surface area (Å²) in [6.07, 6.45) is 0. The third kappa shape index (κ3) is 9.13. The first kappa shape index (κ1) is 46.7. The van der Waals surface area contributed by atoms with E-state index in [9.17, 15) is 21.0 Å². The highest BCUT2D eigenvalue weighted by molar-refractivity contribution is 6.12. The van der Waals surface area contributed by atoms with Crippen molar-refractivity contribution in [3.05, 3.63) is 271 Å². The van der Waals surface area contributed by atoms with E-state index in [2.05, 4.69) is 148 Å². The number of nitriles is 4. The molecular weight excluding hydrogens is 943 g/mol. The van der Waals surface area contributed by atoms with E-state index >= 15 is 0 Å². The summed E-state index contributed by atoms with van der Waals surface area (Å²) in [5.74, 6) is 0.480. The number of aromatic nitrogens is 3. The van der Waals surface area contributed by atoms with Crippen molar-refractivity contribution in [3.8, 4) is 75.0 Å². The average Bonchev–Trinajstić information content (AvgIpc) is 3.84. The molecule has 10 aromatic carbocycles. The van der Waals surface area contributed by atoms with Crippen LogP contribution in [0.15, 0.2) is 249 Å². The van der Waals surface area contributed by atoms with Gasteiger partial charge in [-0.05, 0) is 163 Å². The zero-order valence-corrected chi connectivity index (χ0v) is 41.2. The Bertz CT molecular complexity index is 4120. The minimum atomic E-state index is 0.480. The molecule has 0 amide bonds. The van der Waals surface area contributed by atoms with Crippen LogP contribution in [0.4, 0.5) is 34.1 Å². The van der Waals surface area contributed by atoms with Crippen molar-refractivity contribution in [1.82, 2.24) is 14.5 Å². The highest BCUT2D eigenvalue weighted by atomic mass is 15.1. The lowest BCUT2D eigenvalue weighted by molar-refractivity contribution is 1.18. The number of anilines is 6. The van der Waals surface area contributed by atoms with Crippen LogP contribution in [0, 0.1) is 45.3 Å². The number of rotatable bonds is 11. The molecule has 12 aromatic rings. The molecule has 0 aliphatic heterocycles. The molecule has 9 nitrogen and oxygen atoms in total. The van der Waals surface area contributed by atoms with Gasteiger partial charge in [-0.25, -0.2) is 9.97 Å². The molecule has 0 atom stereocenters. The van der Waals surface area contributed by atoms with Crippen molar-refractivity contribution in [2.24, 2.45) is 0 Å². The van der Waals surface area contributed by atoms with Gasteiger partial charge in [-0.2, -0.15) is 21.0 Å². The van der Waals surface area contributed by atoms with Crippen molar-refractivity contribution in [3.63, 3.8) is 0 Å². The second-order valence-corrected chi connectivity index (χ2v) is 18.4. The molecule has 0 saturated heterocycles. The number of para-hydroxylation sites is 2. The van der Waals surface area contributed by atoms with Gasteiger partial charge in [0.15, 0.2) is 5.82 Å². The zero-order chi connectivity index (χ0) is 52.2. The predicted molar refractivity (Wildman–Crippen MR) is 306 cm³/mol. The second kappa shape index (κ2) is 20.3. The molecule has 2 heterocycles. The van der Waals surface area contributed by atoms with Gasteiger partial charge in [0.05, 0.1) is 69.0 Å². The van der Waals surface area contributed by atoms with Gasteiger partial charge in [0, 0.05) is 67.3 Å². The van der Waals surface area contributed by atoms with Crippen LogP contribution in [0.1, 0.15) is 22.3 Å². The smallest absolute Gasteiger partial charge is 0.160 e. The van der Waals surface area contributed by atoms with E-state index < -0.39 is 0 Å². The van der Waals surface area contributed by atoms with Gasteiger partial charge in [0.1, 0.15) is 0 Å². The minimum Gasteiger partial charge on any atom is -0.310 e. The molecule has 0 spiro atoms. The molecule has 0 unspecified atom stereocenters. The lowest BCUT2D eigenvalue weighted by atomic mass is 10.0. The van der Waals surface area contributed by atoms with Gasteiger partial charge in [0.2, 0.25) is 0 Å². The van der Waals surface area contributed by atoms with Crippen molar-refractivity contribution >= 4 is 55.9 Å².